The first-order valence-corrected chi connectivity index (χ1v) is 11.1. The number of carbonyl (C=O) groups is 4. The molecule has 0 radical (unpaired) electrons. The SMILES string of the molecule is CC(C)C(N)C(=O)NC(Cc1cnc[nH]1)C(=O)N1CCCC1C(=O)N1CCCC1C(=O)O. The van der Waals surface area contributed by atoms with Gasteiger partial charge in [-0.15, -0.1) is 0 Å². The predicted octanol–water partition coefficient (Wildman–Crippen LogP) is -0.513. The predicted molar refractivity (Wildman–Crippen MR) is 114 cm³/mol. The number of aliphatic carboxylic acids is 1. The number of imidazole rings is 1. The number of rotatable bonds is 8. The maximum absolute atomic E-state index is 13.5. The molecule has 0 spiro atoms. The number of hydrogen-bond donors (Lipinski definition) is 4. The zero-order valence-electron chi connectivity index (χ0n) is 18.5. The quantitative estimate of drug-likeness (QED) is 0.416. The first-order valence-electron chi connectivity index (χ1n) is 11.1. The van der Waals surface area contributed by atoms with E-state index in [0.717, 1.165) is 0 Å². The Hall–Kier alpha value is -2.95. The van der Waals surface area contributed by atoms with Crippen molar-refractivity contribution < 1.29 is 24.3 Å². The average Bonchev–Trinajstić information content (AvgIpc) is 3.52. The van der Waals surface area contributed by atoms with Crippen LogP contribution in [0.2, 0.25) is 0 Å². The largest absolute Gasteiger partial charge is 0.480 e. The van der Waals surface area contributed by atoms with Gasteiger partial charge in [0.15, 0.2) is 0 Å². The van der Waals surface area contributed by atoms with Gasteiger partial charge >= 0.3 is 5.97 Å². The summed E-state index contributed by atoms with van der Waals surface area (Å²) in [5.74, 6) is -2.30. The lowest BCUT2D eigenvalue weighted by Gasteiger charge is -2.32. The summed E-state index contributed by atoms with van der Waals surface area (Å²) in [6.07, 6.45) is 5.35. The molecule has 1 aromatic heterocycles. The van der Waals surface area contributed by atoms with Gasteiger partial charge in [0, 0.05) is 31.4 Å². The van der Waals surface area contributed by atoms with Crippen LogP contribution in [0.5, 0.6) is 0 Å². The molecule has 4 atom stereocenters. The standard InChI is InChI=1S/C21H32N6O5/c1-12(2)17(22)18(28)25-14(9-13-10-23-11-24-13)19(29)26-7-3-5-15(26)20(30)27-8-4-6-16(27)21(31)32/h10-12,14-17H,3-9,22H2,1-2H3,(H,23,24)(H,25,28)(H,31,32). The molecule has 1 aromatic rings. The minimum Gasteiger partial charge on any atom is -0.480 e. The van der Waals surface area contributed by atoms with E-state index in [4.69, 9.17) is 5.73 Å². The zero-order valence-corrected chi connectivity index (χ0v) is 18.5. The molecule has 2 fully saturated rings. The van der Waals surface area contributed by atoms with Crippen molar-refractivity contribution in [2.75, 3.05) is 13.1 Å². The van der Waals surface area contributed by atoms with Crippen molar-refractivity contribution >= 4 is 23.7 Å². The van der Waals surface area contributed by atoms with Crippen LogP contribution < -0.4 is 11.1 Å². The Morgan fingerprint density at radius 1 is 1.19 bits per heavy atom. The summed E-state index contributed by atoms with van der Waals surface area (Å²) in [6, 6.07) is -3.29. The smallest absolute Gasteiger partial charge is 0.326 e. The van der Waals surface area contributed by atoms with Crippen LogP contribution in [0, 0.1) is 5.92 Å². The summed E-state index contributed by atoms with van der Waals surface area (Å²) >= 11 is 0. The van der Waals surface area contributed by atoms with Crippen LogP contribution in [0.1, 0.15) is 45.2 Å². The van der Waals surface area contributed by atoms with E-state index in [2.05, 4.69) is 15.3 Å². The Morgan fingerprint density at radius 2 is 1.84 bits per heavy atom. The number of carboxylic acid groups (broad SMARTS) is 1. The average molecular weight is 449 g/mol. The van der Waals surface area contributed by atoms with E-state index < -0.39 is 36.0 Å². The molecule has 0 bridgehead atoms. The second-order valence-corrected chi connectivity index (χ2v) is 8.83. The van der Waals surface area contributed by atoms with Crippen molar-refractivity contribution in [3.63, 3.8) is 0 Å². The molecule has 3 amide bonds. The highest BCUT2D eigenvalue weighted by atomic mass is 16.4. The van der Waals surface area contributed by atoms with Gasteiger partial charge in [-0.2, -0.15) is 0 Å². The van der Waals surface area contributed by atoms with Gasteiger partial charge in [0.25, 0.3) is 0 Å². The molecular weight excluding hydrogens is 416 g/mol. The van der Waals surface area contributed by atoms with Gasteiger partial charge in [0.05, 0.1) is 12.4 Å². The van der Waals surface area contributed by atoms with E-state index in [1.54, 1.807) is 6.20 Å². The number of aromatic amines is 1. The lowest BCUT2D eigenvalue weighted by molar-refractivity contribution is -0.152. The van der Waals surface area contributed by atoms with Crippen LogP contribution in [0.25, 0.3) is 0 Å². The van der Waals surface area contributed by atoms with E-state index in [9.17, 15) is 24.3 Å². The number of carboxylic acids is 1. The Bertz CT molecular complexity index is 842. The monoisotopic (exact) mass is 448 g/mol. The second kappa shape index (κ2) is 10.1. The van der Waals surface area contributed by atoms with Crippen LogP contribution in [-0.4, -0.2) is 85.8 Å². The van der Waals surface area contributed by atoms with Crippen LogP contribution >= 0.6 is 0 Å². The summed E-state index contributed by atoms with van der Waals surface area (Å²) < 4.78 is 0. The fourth-order valence-electron chi connectivity index (χ4n) is 4.35. The minimum absolute atomic E-state index is 0.109. The fraction of sp³-hybridized carbons (Fsp3) is 0.667. The molecule has 5 N–H and O–H groups in total. The number of amides is 3. The van der Waals surface area contributed by atoms with Gasteiger partial charge in [-0.3, -0.25) is 14.4 Å². The van der Waals surface area contributed by atoms with Crippen LogP contribution in [0.4, 0.5) is 0 Å². The third-order valence-electron chi connectivity index (χ3n) is 6.26. The summed E-state index contributed by atoms with van der Waals surface area (Å²) in [5, 5.41) is 12.2. The Labute approximate surface area is 186 Å². The lowest BCUT2D eigenvalue weighted by atomic mass is 10.0. The number of likely N-dealkylation sites (tertiary alicyclic amines) is 2. The molecule has 11 heteroatoms. The fourth-order valence-corrected chi connectivity index (χ4v) is 4.35. The third-order valence-corrected chi connectivity index (χ3v) is 6.26. The molecule has 2 aliphatic heterocycles. The summed E-state index contributed by atoms with van der Waals surface area (Å²) in [6.45, 7) is 4.37. The maximum Gasteiger partial charge on any atom is 0.326 e. The molecule has 32 heavy (non-hydrogen) atoms. The molecule has 0 aliphatic carbocycles. The first kappa shape index (κ1) is 23.7. The first-order chi connectivity index (χ1) is 15.2. The maximum atomic E-state index is 13.5. The molecule has 4 unspecified atom stereocenters. The van der Waals surface area contributed by atoms with Gasteiger partial charge < -0.3 is 30.9 Å². The summed E-state index contributed by atoms with van der Waals surface area (Å²) in [4.78, 5) is 60.6. The molecule has 3 heterocycles. The lowest BCUT2D eigenvalue weighted by Crippen LogP contribution is -2.57. The van der Waals surface area contributed by atoms with Crippen molar-refractivity contribution in [2.45, 2.75) is 70.1 Å². The molecule has 0 aromatic carbocycles. The number of nitrogens with zero attached hydrogens (tertiary/aromatic N) is 3. The molecular formula is C21H32N6O5. The van der Waals surface area contributed by atoms with Gasteiger partial charge in [-0.1, -0.05) is 13.8 Å². The van der Waals surface area contributed by atoms with E-state index >= 15 is 0 Å². The highest BCUT2D eigenvalue weighted by Crippen LogP contribution is 2.26. The van der Waals surface area contributed by atoms with E-state index in [0.29, 0.717) is 44.5 Å². The number of nitrogens with two attached hydrogens (primary N) is 1. The van der Waals surface area contributed by atoms with Gasteiger partial charge in [0.2, 0.25) is 17.7 Å². The number of carbonyl (C=O) groups excluding carboxylic acids is 3. The minimum atomic E-state index is -1.03. The zero-order chi connectivity index (χ0) is 23.4. The van der Waals surface area contributed by atoms with Crippen molar-refractivity contribution in [1.82, 2.24) is 25.1 Å². The number of nitrogens with one attached hydrogen (secondary N) is 2. The van der Waals surface area contributed by atoms with E-state index in [-0.39, 0.29) is 24.2 Å². The van der Waals surface area contributed by atoms with E-state index in [1.165, 1.54) is 16.1 Å². The van der Waals surface area contributed by atoms with Crippen molar-refractivity contribution in [1.29, 1.82) is 0 Å². The van der Waals surface area contributed by atoms with Crippen molar-refractivity contribution in [2.24, 2.45) is 11.7 Å². The molecule has 0 saturated carbocycles. The number of aromatic nitrogens is 2. The van der Waals surface area contributed by atoms with Gasteiger partial charge in [-0.25, -0.2) is 9.78 Å². The van der Waals surface area contributed by atoms with E-state index in [1.807, 2.05) is 13.8 Å². The molecule has 2 saturated heterocycles. The Morgan fingerprint density at radius 3 is 2.44 bits per heavy atom. The molecule has 11 nitrogen and oxygen atoms in total. The third kappa shape index (κ3) is 5.09. The van der Waals surface area contributed by atoms with Crippen LogP contribution in [-0.2, 0) is 25.6 Å². The second-order valence-electron chi connectivity index (χ2n) is 8.83. The van der Waals surface area contributed by atoms with Crippen molar-refractivity contribution in [3.8, 4) is 0 Å². The molecule has 2 aliphatic rings. The highest BCUT2D eigenvalue weighted by molar-refractivity contribution is 5.94. The highest BCUT2D eigenvalue weighted by Gasteiger charge is 2.43. The molecule has 176 valence electrons. The molecule has 3 rings (SSSR count). The summed E-state index contributed by atoms with van der Waals surface area (Å²) in [7, 11) is 0. The normalized spacial score (nSPS) is 22.8. The Kier molecular flexibility index (Phi) is 7.49. The summed E-state index contributed by atoms with van der Waals surface area (Å²) in [5.41, 5.74) is 6.63. The number of H-pyrrole nitrogens is 1. The van der Waals surface area contributed by atoms with Crippen molar-refractivity contribution in [3.05, 3.63) is 18.2 Å². The van der Waals surface area contributed by atoms with Crippen LogP contribution in [0.3, 0.4) is 0 Å². The Balaban J connectivity index is 1.78. The number of hydrogen-bond acceptors (Lipinski definition) is 6. The topological polar surface area (TPSA) is 162 Å². The van der Waals surface area contributed by atoms with Gasteiger partial charge in [-0.05, 0) is 31.6 Å². The van der Waals surface area contributed by atoms with Gasteiger partial charge in [0.1, 0.15) is 18.1 Å². The van der Waals surface area contributed by atoms with Crippen LogP contribution in [0.15, 0.2) is 12.5 Å².